The molecule has 4 aromatic rings. The van der Waals surface area contributed by atoms with Gasteiger partial charge in [-0.3, -0.25) is 19.4 Å². The second-order valence-electron chi connectivity index (χ2n) is 6.26. The third kappa shape index (κ3) is 3.50. The maximum Gasteiger partial charge on any atom is 0.244 e. The van der Waals surface area contributed by atoms with E-state index >= 15 is 0 Å². The summed E-state index contributed by atoms with van der Waals surface area (Å²) in [6, 6.07) is 15.5. The van der Waals surface area contributed by atoms with Gasteiger partial charge >= 0.3 is 0 Å². The van der Waals surface area contributed by atoms with Crippen LogP contribution in [-0.2, 0) is 11.3 Å². The highest BCUT2D eigenvalue weighted by Crippen LogP contribution is 2.23. The van der Waals surface area contributed by atoms with Gasteiger partial charge < -0.3 is 5.32 Å². The molecule has 0 aliphatic carbocycles. The second-order valence-corrected chi connectivity index (χ2v) is 6.64. The van der Waals surface area contributed by atoms with Crippen molar-refractivity contribution >= 4 is 34.6 Å². The van der Waals surface area contributed by atoms with Gasteiger partial charge in [-0.25, -0.2) is 0 Å². The van der Waals surface area contributed by atoms with Gasteiger partial charge in [-0.2, -0.15) is 5.10 Å². The molecule has 0 bridgehead atoms. The molecule has 2 heterocycles. The summed E-state index contributed by atoms with van der Waals surface area (Å²) in [5, 5.41) is 11.9. The molecule has 0 spiro atoms. The van der Waals surface area contributed by atoms with Gasteiger partial charge in [0.05, 0.1) is 0 Å². The number of pyridine rings is 1. The van der Waals surface area contributed by atoms with E-state index in [0.29, 0.717) is 10.6 Å². The van der Waals surface area contributed by atoms with E-state index < -0.39 is 0 Å². The van der Waals surface area contributed by atoms with Crippen molar-refractivity contribution in [3.63, 3.8) is 0 Å². The number of H-pyrrole nitrogens is 1. The summed E-state index contributed by atoms with van der Waals surface area (Å²) in [6.07, 6.45) is 3.48. The Kier molecular flexibility index (Phi) is 4.52. The maximum atomic E-state index is 12.7. The molecule has 2 aromatic carbocycles. The number of nitrogens with zero attached hydrogens (tertiary/aromatic N) is 3. The van der Waals surface area contributed by atoms with Crippen molar-refractivity contribution in [1.82, 2.24) is 19.7 Å². The summed E-state index contributed by atoms with van der Waals surface area (Å²) in [4.78, 5) is 16.8. The molecule has 4 rings (SSSR count). The standard InChI is InChI=1S/C20H17N5OS/c1-13-5-7-14(8-6-13)19-23-24-20(27)25(19)12-18(26)22-17-4-2-3-15-11-21-10-9-16(15)17/h2-11H,12H2,1H3,(H,22,26)(H,24,27). The minimum atomic E-state index is -0.176. The van der Waals surface area contributed by atoms with E-state index in [0.717, 1.165) is 27.6 Å². The van der Waals surface area contributed by atoms with Gasteiger partial charge in [0, 0.05) is 34.4 Å². The fraction of sp³-hybridized carbons (Fsp3) is 0.100. The highest BCUT2D eigenvalue weighted by molar-refractivity contribution is 7.71. The Morgan fingerprint density at radius 2 is 2.00 bits per heavy atom. The lowest BCUT2D eigenvalue weighted by atomic mass is 10.1. The number of aromatic nitrogens is 4. The molecule has 0 fully saturated rings. The van der Waals surface area contributed by atoms with Crippen LogP contribution in [0.2, 0.25) is 0 Å². The number of anilines is 1. The number of benzene rings is 2. The lowest BCUT2D eigenvalue weighted by molar-refractivity contribution is -0.116. The third-order valence-corrected chi connectivity index (χ3v) is 4.64. The number of nitrogens with one attached hydrogen (secondary N) is 2. The monoisotopic (exact) mass is 375 g/mol. The van der Waals surface area contributed by atoms with Gasteiger partial charge in [0.15, 0.2) is 10.6 Å². The minimum absolute atomic E-state index is 0.0695. The van der Waals surface area contributed by atoms with Crippen LogP contribution in [-0.4, -0.2) is 25.7 Å². The molecule has 27 heavy (non-hydrogen) atoms. The first-order chi connectivity index (χ1) is 13.1. The molecule has 0 saturated carbocycles. The smallest absolute Gasteiger partial charge is 0.244 e. The van der Waals surface area contributed by atoms with Crippen molar-refractivity contribution in [3.05, 3.63) is 71.3 Å². The lowest BCUT2D eigenvalue weighted by Gasteiger charge is -2.10. The van der Waals surface area contributed by atoms with Crippen molar-refractivity contribution < 1.29 is 4.79 Å². The predicted octanol–water partition coefficient (Wildman–Crippen LogP) is 4.10. The second kappa shape index (κ2) is 7.13. The van der Waals surface area contributed by atoms with Crippen LogP contribution in [0, 0.1) is 11.7 Å². The fourth-order valence-corrected chi connectivity index (χ4v) is 3.15. The zero-order valence-electron chi connectivity index (χ0n) is 14.6. The highest BCUT2D eigenvalue weighted by Gasteiger charge is 2.13. The molecule has 0 atom stereocenters. The summed E-state index contributed by atoms with van der Waals surface area (Å²) in [6.45, 7) is 2.09. The number of hydrogen-bond donors (Lipinski definition) is 2. The van der Waals surface area contributed by atoms with E-state index in [2.05, 4.69) is 20.5 Å². The molecule has 2 N–H and O–H groups in total. The average Bonchev–Trinajstić information content (AvgIpc) is 3.03. The largest absolute Gasteiger partial charge is 0.324 e. The lowest BCUT2D eigenvalue weighted by Crippen LogP contribution is -2.19. The van der Waals surface area contributed by atoms with Gasteiger partial charge in [-0.1, -0.05) is 42.0 Å². The van der Waals surface area contributed by atoms with Crippen LogP contribution in [0.5, 0.6) is 0 Å². The van der Waals surface area contributed by atoms with Crippen LogP contribution < -0.4 is 5.32 Å². The van der Waals surface area contributed by atoms with Crippen molar-refractivity contribution in [2.24, 2.45) is 0 Å². The quantitative estimate of drug-likeness (QED) is 0.527. The van der Waals surface area contributed by atoms with Gasteiger partial charge in [-0.15, -0.1) is 0 Å². The molecule has 0 saturated heterocycles. The van der Waals surface area contributed by atoms with Crippen molar-refractivity contribution in [3.8, 4) is 11.4 Å². The van der Waals surface area contributed by atoms with E-state index in [1.807, 2.05) is 55.5 Å². The average molecular weight is 375 g/mol. The van der Waals surface area contributed by atoms with Crippen molar-refractivity contribution in [1.29, 1.82) is 0 Å². The third-order valence-electron chi connectivity index (χ3n) is 4.32. The molecule has 1 amide bonds. The molecule has 0 radical (unpaired) electrons. The van der Waals surface area contributed by atoms with Gasteiger partial charge in [-0.05, 0) is 31.3 Å². The summed E-state index contributed by atoms with van der Waals surface area (Å²) < 4.78 is 2.10. The molecule has 0 unspecified atom stereocenters. The highest BCUT2D eigenvalue weighted by atomic mass is 32.1. The predicted molar refractivity (Wildman–Crippen MR) is 108 cm³/mol. The van der Waals surface area contributed by atoms with Gasteiger partial charge in [0.1, 0.15) is 6.54 Å². The number of fused-ring (bicyclic) bond motifs is 1. The molecular formula is C20H17N5OS. The number of carbonyl (C=O) groups excluding carboxylic acids is 1. The number of aryl methyl sites for hydroxylation is 1. The zero-order valence-corrected chi connectivity index (χ0v) is 15.5. The van der Waals surface area contributed by atoms with Crippen LogP contribution in [0.3, 0.4) is 0 Å². The van der Waals surface area contributed by atoms with Crippen LogP contribution in [0.1, 0.15) is 5.56 Å². The van der Waals surface area contributed by atoms with E-state index in [1.165, 1.54) is 0 Å². The van der Waals surface area contributed by atoms with E-state index in [1.54, 1.807) is 17.0 Å². The van der Waals surface area contributed by atoms with E-state index in [4.69, 9.17) is 12.2 Å². The molecule has 0 aliphatic heterocycles. The Labute approximate surface area is 160 Å². The zero-order chi connectivity index (χ0) is 18.8. The molecule has 6 nitrogen and oxygen atoms in total. The summed E-state index contributed by atoms with van der Waals surface area (Å²) >= 11 is 5.32. The first-order valence-electron chi connectivity index (χ1n) is 8.46. The number of rotatable bonds is 4. The Bertz CT molecular complexity index is 1170. The number of carbonyl (C=O) groups is 1. The van der Waals surface area contributed by atoms with E-state index in [-0.39, 0.29) is 12.5 Å². The first kappa shape index (κ1) is 17.1. The number of amides is 1. The minimum Gasteiger partial charge on any atom is -0.324 e. The number of aromatic amines is 1. The molecular weight excluding hydrogens is 358 g/mol. The summed E-state index contributed by atoms with van der Waals surface area (Å²) in [5.74, 6) is 0.461. The fourth-order valence-electron chi connectivity index (χ4n) is 2.95. The Morgan fingerprint density at radius 1 is 1.19 bits per heavy atom. The topological polar surface area (TPSA) is 75.6 Å². The SMILES string of the molecule is Cc1ccc(-c2n[nH]c(=S)n2CC(=O)Nc2cccc3cnccc23)cc1. The Hall–Kier alpha value is -3.32. The molecule has 0 aliphatic rings. The normalized spacial score (nSPS) is 10.9. The van der Waals surface area contributed by atoms with E-state index in [9.17, 15) is 4.79 Å². The molecule has 2 aromatic heterocycles. The van der Waals surface area contributed by atoms with Gasteiger partial charge in [0.25, 0.3) is 0 Å². The Balaban J connectivity index is 1.61. The first-order valence-corrected chi connectivity index (χ1v) is 8.87. The molecule has 134 valence electrons. The van der Waals surface area contributed by atoms with Crippen LogP contribution in [0.4, 0.5) is 5.69 Å². The van der Waals surface area contributed by atoms with Crippen molar-refractivity contribution in [2.45, 2.75) is 13.5 Å². The van der Waals surface area contributed by atoms with Crippen molar-refractivity contribution in [2.75, 3.05) is 5.32 Å². The Morgan fingerprint density at radius 3 is 2.81 bits per heavy atom. The number of hydrogen-bond acceptors (Lipinski definition) is 4. The molecule has 7 heteroatoms. The summed E-state index contributed by atoms with van der Waals surface area (Å²) in [5.41, 5.74) is 2.80. The van der Waals surface area contributed by atoms with Crippen LogP contribution >= 0.6 is 12.2 Å². The van der Waals surface area contributed by atoms with Crippen LogP contribution in [0.15, 0.2) is 60.9 Å². The van der Waals surface area contributed by atoms with Crippen LogP contribution in [0.25, 0.3) is 22.2 Å². The van der Waals surface area contributed by atoms with Gasteiger partial charge in [0.2, 0.25) is 5.91 Å². The summed E-state index contributed by atoms with van der Waals surface area (Å²) in [7, 11) is 0. The maximum absolute atomic E-state index is 12.7.